The Labute approximate surface area is 122 Å². The number of carbonyl (C=O) groups is 2. The number of carboxylic acid groups (broad SMARTS) is 1. The van der Waals surface area contributed by atoms with Crippen molar-refractivity contribution >= 4 is 45.2 Å². The van der Waals surface area contributed by atoms with Crippen LogP contribution in [0, 0.1) is 5.82 Å². The van der Waals surface area contributed by atoms with Crippen LogP contribution < -0.4 is 10.6 Å². The number of carboxylic acids is 1. The van der Waals surface area contributed by atoms with Crippen molar-refractivity contribution in [3.05, 3.63) is 27.4 Å². The first kappa shape index (κ1) is 15.7. The highest BCUT2D eigenvalue weighted by Gasteiger charge is 2.19. The number of carbonyl (C=O) groups excluding carboxylic acids is 1. The summed E-state index contributed by atoms with van der Waals surface area (Å²) < 4.78 is 13.3. The lowest BCUT2D eigenvalue weighted by atomic mass is 10.2. The quantitative estimate of drug-likeness (QED) is 0.777. The predicted molar refractivity (Wildman–Crippen MR) is 73.0 cm³/mol. The lowest BCUT2D eigenvalue weighted by Gasteiger charge is -2.14. The van der Waals surface area contributed by atoms with Crippen LogP contribution in [-0.4, -0.2) is 23.1 Å². The van der Waals surface area contributed by atoms with Gasteiger partial charge in [-0.3, -0.25) is 0 Å². The summed E-state index contributed by atoms with van der Waals surface area (Å²) in [5.41, 5.74) is 0.167. The van der Waals surface area contributed by atoms with Gasteiger partial charge >= 0.3 is 12.0 Å². The van der Waals surface area contributed by atoms with Crippen molar-refractivity contribution in [3.63, 3.8) is 0 Å². The SMILES string of the molecule is CC[C@H](NC(=O)Nc1c(Cl)cc(F)cc1Br)C(=O)O. The molecule has 1 rings (SSSR count). The van der Waals surface area contributed by atoms with E-state index < -0.39 is 23.9 Å². The van der Waals surface area contributed by atoms with Crippen LogP contribution >= 0.6 is 27.5 Å². The molecule has 1 aromatic rings. The summed E-state index contributed by atoms with van der Waals surface area (Å²) in [5, 5.41) is 13.4. The summed E-state index contributed by atoms with van der Waals surface area (Å²) in [6, 6.07) is 0.438. The minimum atomic E-state index is -1.14. The third-order valence-electron chi connectivity index (χ3n) is 2.26. The third-order valence-corrected chi connectivity index (χ3v) is 3.18. The summed E-state index contributed by atoms with van der Waals surface area (Å²) in [4.78, 5) is 22.4. The first-order valence-corrected chi connectivity index (χ1v) is 6.47. The first-order chi connectivity index (χ1) is 8.85. The van der Waals surface area contributed by atoms with Crippen molar-refractivity contribution in [2.75, 3.05) is 5.32 Å². The molecule has 2 amide bonds. The second kappa shape index (κ2) is 6.72. The summed E-state index contributed by atoms with van der Waals surface area (Å²) in [6.07, 6.45) is 0.237. The van der Waals surface area contributed by atoms with Gasteiger partial charge in [0.05, 0.1) is 10.7 Å². The van der Waals surface area contributed by atoms with Crippen LogP contribution in [0.5, 0.6) is 0 Å². The van der Waals surface area contributed by atoms with E-state index in [0.29, 0.717) is 0 Å². The van der Waals surface area contributed by atoms with Crippen molar-refractivity contribution in [3.8, 4) is 0 Å². The number of amides is 2. The number of halogens is 3. The molecule has 0 aliphatic heterocycles. The van der Waals surface area contributed by atoms with Crippen LogP contribution in [0.25, 0.3) is 0 Å². The molecule has 0 heterocycles. The lowest BCUT2D eigenvalue weighted by molar-refractivity contribution is -0.139. The van der Waals surface area contributed by atoms with Gasteiger partial charge in [0.15, 0.2) is 0 Å². The number of anilines is 1. The molecule has 8 heteroatoms. The van der Waals surface area contributed by atoms with E-state index in [4.69, 9.17) is 16.7 Å². The van der Waals surface area contributed by atoms with Gasteiger partial charge in [-0.2, -0.15) is 0 Å². The van der Waals surface area contributed by atoms with Crippen LogP contribution in [0.2, 0.25) is 5.02 Å². The van der Waals surface area contributed by atoms with Crippen molar-refractivity contribution < 1.29 is 19.1 Å². The molecular weight excluding hydrogens is 342 g/mol. The van der Waals surface area contributed by atoms with Gasteiger partial charge in [0.2, 0.25) is 0 Å². The summed E-state index contributed by atoms with van der Waals surface area (Å²) in [7, 11) is 0. The maximum atomic E-state index is 13.0. The zero-order valence-electron chi connectivity index (χ0n) is 9.84. The molecule has 0 fully saturated rings. The molecule has 5 nitrogen and oxygen atoms in total. The van der Waals surface area contributed by atoms with Crippen LogP contribution in [-0.2, 0) is 4.79 Å². The minimum Gasteiger partial charge on any atom is -0.480 e. The Balaban J connectivity index is 2.80. The molecule has 3 N–H and O–H groups in total. The standard InChI is InChI=1S/C11H11BrClFN2O3/c1-2-8(10(17)18)15-11(19)16-9-6(12)3-5(14)4-7(9)13/h3-4,8H,2H2,1H3,(H,17,18)(H2,15,16,19)/t8-/m0/s1. The molecule has 19 heavy (non-hydrogen) atoms. The number of nitrogens with one attached hydrogen (secondary N) is 2. The lowest BCUT2D eigenvalue weighted by Crippen LogP contribution is -2.42. The number of urea groups is 1. The molecule has 1 aromatic carbocycles. The zero-order chi connectivity index (χ0) is 14.6. The van der Waals surface area contributed by atoms with Gasteiger partial charge in [0.1, 0.15) is 11.9 Å². The van der Waals surface area contributed by atoms with Gasteiger partial charge in [-0.05, 0) is 34.5 Å². The monoisotopic (exact) mass is 352 g/mol. The molecular formula is C11H11BrClFN2O3. The smallest absolute Gasteiger partial charge is 0.326 e. The molecule has 0 spiro atoms. The number of rotatable bonds is 4. The number of benzene rings is 1. The highest BCUT2D eigenvalue weighted by Crippen LogP contribution is 2.31. The molecule has 0 bridgehead atoms. The first-order valence-electron chi connectivity index (χ1n) is 5.30. The van der Waals surface area contributed by atoms with E-state index in [2.05, 4.69) is 26.6 Å². The predicted octanol–water partition coefficient (Wildman–Crippen LogP) is 3.23. The summed E-state index contributed by atoms with van der Waals surface area (Å²) >= 11 is 8.84. The largest absolute Gasteiger partial charge is 0.480 e. The third kappa shape index (κ3) is 4.36. The molecule has 0 saturated carbocycles. The summed E-state index contributed by atoms with van der Waals surface area (Å²) in [6.45, 7) is 1.62. The average Bonchev–Trinajstić information content (AvgIpc) is 2.30. The fourth-order valence-corrected chi connectivity index (χ4v) is 2.21. The van der Waals surface area contributed by atoms with E-state index >= 15 is 0 Å². The van der Waals surface area contributed by atoms with Crippen molar-refractivity contribution in [2.24, 2.45) is 0 Å². The van der Waals surface area contributed by atoms with E-state index in [1.165, 1.54) is 0 Å². The number of hydrogen-bond acceptors (Lipinski definition) is 2. The average molecular weight is 354 g/mol. The molecule has 0 radical (unpaired) electrons. The zero-order valence-corrected chi connectivity index (χ0v) is 12.2. The van der Waals surface area contributed by atoms with Crippen LogP contribution in [0.1, 0.15) is 13.3 Å². The van der Waals surface area contributed by atoms with Crippen molar-refractivity contribution in [1.29, 1.82) is 0 Å². The van der Waals surface area contributed by atoms with Crippen LogP contribution in [0.3, 0.4) is 0 Å². The number of aliphatic carboxylic acids is 1. The normalized spacial score (nSPS) is 11.8. The molecule has 1 atom stereocenters. The Bertz CT molecular complexity index is 490. The van der Waals surface area contributed by atoms with Gasteiger partial charge in [-0.25, -0.2) is 14.0 Å². The van der Waals surface area contributed by atoms with Gasteiger partial charge in [0, 0.05) is 4.47 Å². The molecule has 0 aliphatic carbocycles. The maximum absolute atomic E-state index is 13.0. The van der Waals surface area contributed by atoms with Gasteiger partial charge in [-0.1, -0.05) is 18.5 Å². The van der Waals surface area contributed by atoms with Gasteiger partial charge in [0.25, 0.3) is 0 Å². The van der Waals surface area contributed by atoms with Gasteiger partial charge < -0.3 is 15.7 Å². The molecule has 0 aromatic heterocycles. The second-order valence-electron chi connectivity index (χ2n) is 3.64. The maximum Gasteiger partial charge on any atom is 0.326 e. The molecule has 104 valence electrons. The van der Waals surface area contributed by atoms with E-state index in [0.717, 1.165) is 12.1 Å². The highest BCUT2D eigenvalue weighted by molar-refractivity contribution is 9.10. The minimum absolute atomic E-state index is 0.00500. The van der Waals surface area contributed by atoms with Crippen LogP contribution in [0.15, 0.2) is 16.6 Å². The Kier molecular flexibility index (Phi) is 5.56. The molecule has 0 saturated heterocycles. The van der Waals surface area contributed by atoms with E-state index in [1.807, 2.05) is 0 Å². The second-order valence-corrected chi connectivity index (χ2v) is 4.90. The Hall–Kier alpha value is -1.34. The number of hydrogen-bond donors (Lipinski definition) is 3. The van der Waals surface area contributed by atoms with E-state index in [-0.39, 0.29) is 21.6 Å². The molecule has 0 aliphatic rings. The van der Waals surface area contributed by atoms with E-state index in [1.54, 1.807) is 6.92 Å². The van der Waals surface area contributed by atoms with Crippen LogP contribution in [0.4, 0.5) is 14.9 Å². The highest BCUT2D eigenvalue weighted by atomic mass is 79.9. The Morgan fingerprint density at radius 3 is 2.63 bits per heavy atom. The van der Waals surface area contributed by atoms with Crippen molar-refractivity contribution in [2.45, 2.75) is 19.4 Å². The van der Waals surface area contributed by atoms with E-state index in [9.17, 15) is 14.0 Å². The fraction of sp³-hybridized carbons (Fsp3) is 0.273. The topological polar surface area (TPSA) is 78.4 Å². The Morgan fingerprint density at radius 1 is 1.53 bits per heavy atom. The van der Waals surface area contributed by atoms with Gasteiger partial charge in [-0.15, -0.1) is 0 Å². The Morgan fingerprint density at radius 2 is 2.16 bits per heavy atom. The molecule has 0 unspecified atom stereocenters. The van der Waals surface area contributed by atoms with Crippen molar-refractivity contribution in [1.82, 2.24) is 5.32 Å². The fourth-order valence-electron chi connectivity index (χ4n) is 1.31. The summed E-state index contributed by atoms with van der Waals surface area (Å²) in [5.74, 6) is -1.69.